The lowest BCUT2D eigenvalue weighted by molar-refractivity contribution is -0.121. The van der Waals surface area contributed by atoms with Gasteiger partial charge in [-0.05, 0) is 20.8 Å². The van der Waals surface area contributed by atoms with Gasteiger partial charge in [-0.1, -0.05) is 5.16 Å². The zero-order chi connectivity index (χ0) is 9.78. The Morgan fingerprint density at radius 1 is 1.58 bits per heavy atom. The molecule has 5 nitrogen and oxygen atoms in total. The minimum atomic E-state index is -0.285. The number of oxime groups is 1. The zero-order valence-corrected chi connectivity index (χ0v) is 7.59. The molecule has 0 unspecified atom stereocenters. The predicted molar refractivity (Wildman–Crippen MR) is 45.9 cm³/mol. The summed E-state index contributed by atoms with van der Waals surface area (Å²) >= 11 is 0. The van der Waals surface area contributed by atoms with Crippen molar-refractivity contribution >= 4 is 11.7 Å². The Bertz CT molecular complexity index is 193. The largest absolute Gasteiger partial charge is 0.409 e. The van der Waals surface area contributed by atoms with Gasteiger partial charge in [0.15, 0.2) is 0 Å². The van der Waals surface area contributed by atoms with E-state index >= 15 is 0 Å². The van der Waals surface area contributed by atoms with Gasteiger partial charge < -0.3 is 16.3 Å². The fraction of sp³-hybridized carbons (Fsp3) is 0.714. The van der Waals surface area contributed by atoms with Gasteiger partial charge in [-0.15, -0.1) is 0 Å². The van der Waals surface area contributed by atoms with Crippen LogP contribution in [0.2, 0.25) is 0 Å². The van der Waals surface area contributed by atoms with Crippen LogP contribution in [0.4, 0.5) is 0 Å². The Hall–Kier alpha value is -1.26. The molecule has 0 saturated heterocycles. The summed E-state index contributed by atoms with van der Waals surface area (Å²) in [6.07, 6.45) is -0.0756. The number of amides is 1. The van der Waals surface area contributed by atoms with E-state index in [0.29, 0.717) is 0 Å². The molecule has 4 N–H and O–H groups in total. The molecule has 0 aliphatic carbocycles. The number of amidine groups is 1. The molecule has 0 aromatic rings. The Kier molecular flexibility index (Phi) is 3.53. The zero-order valence-electron chi connectivity index (χ0n) is 7.59. The van der Waals surface area contributed by atoms with Gasteiger partial charge >= 0.3 is 0 Å². The topological polar surface area (TPSA) is 87.7 Å². The van der Waals surface area contributed by atoms with Crippen LogP contribution in [-0.2, 0) is 4.79 Å². The second kappa shape index (κ2) is 3.94. The molecule has 1 amide bonds. The van der Waals surface area contributed by atoms with Crippen LogP contribution in [0.15, 0.2) is 5.16 Å². The highest BCUT2D eigenvalue weighted by molar-refractivity contribution is 5.98. The standard InChI is InChI=1S/C7H15N3O2/c1-7(2,3)9-6(11)4-5(8)10-12/h12H,4H2,1-3H3,(H2,8,10)(H,9,11). The predicted octanol–water partition coefficient (Wildman–Crippen LogP) is 0.0376. The van der Waals surface area contributed by atoms with Crippen LogP contribution < -0.4 is 11.1 Å². The highest BCUT2D eigenvalue weighted by atomic mass is 16.4. The fourth-order valence-corrected chi connectivity index (χ4v) is 0.662. The van der Waals surface area contributed by atoms with Crippen molar-refractivity contribution in [3.63, 3.8) is 0 Å². The minimum absolute atomic E-state index is 0.0756. The lowest BCUT2D eigenvalue weighted by Gasteiger charge is -2.20. The van der Waals surface area contributed by atoms with E-state index in [4.69, 9.17) is 10.9 Å². The van der Waals surface area contributed by atoms with Gasteiger partial charge in [-0.3, -0.25) is 4.79 Å². The highest BCUT2D eigenvalue weighted by Crippen LogP contribution is 1.98. The molecule has 12 heavy (non-hydrogen) atoms. The number of rotatable bonds is 2. The van der Waals surface area contributed by atoms with Crippen LogP contribution >= 0.6 is 0 Å². The van der Waals surface area contributed by atoms with E-state index in [1.54, 1.807) is 0 Å². The Balaban J connectivity index is 3.92. The van der Waals surface area contributed by atoms with Crippen molar-refractivity contribution in [3.05, 3.63) is 0 Å². The van der Waals surface area contributed by atoms with Crippen LogP contribution in [0.5, 0.6) is 0 Å². The first-order chi connectivity index (χ1) is 5.35. The summed E-state index contributed by atoms with van der Waals surface area (Å²) in [4.78, 5) is 11.0. The summed E-state index contributed by atoms with van der Waals surface area (Å²) < 4.78 is 0. The molecule has 0 aromatic heterocycles. The van der Waals surface area contributed by atoms with Gasteiger partial charge in [0.2, 0.25) is 5.91 Å². The monoisotopic (exact) mass is 173 g/mol. The van der Waals surface area contributed by atoms with Gasteiger partial charge in [0, 0.05) is 5.54 Å². The average Bonchev–Trinajstić information content (AvgIpc) is 1.82. The second-order valence-electron chi connectivity index (χ2n) is 3.57. The number of nitrogens with one attached hydrogen (secondary N) is 1. The molecule has 0 radical (unpaired) electrons. The van der Waals surface area contributed by atoms with Gasteiger partial charge in [0.25, 0.3) is 0 Å². The smallest absolute Gasteiger partial charge is 0.228 e. The van der Waals surface area contributed by atoms with E-state index < -0.39 is 0 Å². The summed E-state index contributed by atoms with van der Waals surface area (Å²) in [7, 11) is 0. The molecule has 0 aliphatic heterocycles. The first kappa shape index (κ1) is 10.7. The Labute approximate surface area is 71.6 Å². The van der Waals surface area contributed by atoms with Crippen molar-refractivity contribution in [2.24, 2.45) is 10.9 Å². The van der Waals surface area contributed by atoms with E-state index in [1.807, 2.05) is 20.8 Å². The van der Waals surface area contributed by atoms with Gasteiger partial charge in [-0.25, -0.2) is 0 Å². The van der Waals surface area contributed by atoms with Crippen molar-refractivity contribution in [1.82, 2.24) is 5.32 Å². The van der Waals surface area contributed by atoms with Gasteiger partial charge in [0.1, 0.15) is 5.84 Å². The maximum Gasteiger partial charge on any atom is 0.228 e. The second-order valence-corrected chi connectivity index (χ2v) is 3.57. The normalized spacial score (nSPS) is 12.8. The van der Waals surface area contributed by atoms with Gasteiger partial charge in [0.05, 0.1) is 6.42 Å². The number of hydrogen-bond donors (Lipinski definition) is 3. The first-order valence-corrected chi connectivity index (χ1v) is 3.62. The minimum Gasteiger partial charge on any atom is -0.409 e. The molecule has 70 valence electrons. The van der Waals surface area contributed by atoms with Crippen LogP contribution in [0.25, 0.3) is 0 Å². The molecule has 0 aromatic carbocycles. The molecule has 0 heterocycles. The van der Waals surface area contributed by atoms with E-state index in [2.05, 4.69) is 10.5 Å². The van der Waals surface area contributed by atoms with E-state index in [-0.39, 0.29) is 23.7 Å². The van der Waals surface area contributed by atoms with Crippen molar-refractivity contribution in [1.29, 1.82) is 0 Å². The summed E-state index contributed by atoms with van der Waals surface area (Å²) in [5, 5.41) is 13.5. The Morgan fingerprint density at radius 2 is 2.08 bits per heavy atom. The number of nitrogens with two attached hydrogens (primary N) is 1. The van der Waals surface area contributed by atoms with Crippen molar-refractivity contribution in [3.8, 4) is 0 Å². The van der Waals surface area contributed by atoms with Crippen molar-refractivity contribution < 1.29 is 10.0 Å². The maximum atomic E-state index is 11.0. The molecule has 0 saturated carbocycles. The maximum absolute atomic E-state index is 11.0. The third-order valence-corrected chi connectivity index (χ3v) is 0.985. The number of nitrogens with zero attached hydrogens (tertiary/aromatic N) is 1. The van der Waals surface area contributed by atoms with E-state index in [1.165, 1.54) is 0 Å². The van der Waals surface area contributed by atoms with Crippen LogP contribution in [0.3, 0.4) is 0 Å². The molecule has 0 aliphatic rings. The van der Waals surface area contributed by atoms with Crippen LogP contribution in [0.1, 0.15) is 27.2 Å². The van der Waals surface area contributed by atoms with Crippen molar-refractivity contribution in [2.75, 3.05) is 0 Å². The molecule has 0 rings (SSSR count). The molecular formula is C7H15N3O2. The van der Waals surface area contributed by atoms with Crippen LogP contribution in [0, 0.1) is 0 Å². The molecule has 0 fully saturated rings. The van der Waals surface area contributed by atoms with Crippen LogP contribution in [-0.4, -0.2) is 22.5 Å². The molecule has 0 bridgehead atoms. The summed E-state index contributed by atoms with van der Waals surface area (Å²) in [5.74, 6) is -0.338. The first-order valence-electron chi connectivity index (χ1n) is 3.62. The number of hydrogen-bond acceptors (Lipinski definition) is 3. The summed E-state index contributed by atoms with van der Waals surface area (Å²) in [6, 6.07) is 0. The van der Waals surface area contributed by atoms with E-state index in [9.17, 15) is 4.79 Å². The molecule has 0 atom stereocenters. The lowest BCUT2D eigenvalue weighted by atomic mass is 10.1. The highest BCUT2D eigenvalue weighted by Gasteiger charge is 2.14. The van der Waals surface area contributed by atoms with E-state index in [0.717, 1.165) is 0 Å². The third-order valence-electron chi connectivity index (χ3n) is 0.985. The average molecular weight is 173 g/mol. The fourth-order valence-electron chi connectivity index (χ4n) is 0.662. The number of carbonyl (C=O) groups is 1. The summed E-state index contributed by atoms with van der Waals surface area (Å²) in [5.41, 5.74) is 4.85. The third kappa shape index (κ3) is 5.52. The number of carbonyl (C=O) groups excluding carboxylic acids is 1. The Morgan fingerprint density at radius 3 is 2.42 bits per heavy atom. The quantitative estimate of drug-likeness (QED) is 0.238. The lowest BCUT2D eigenvalue weighted by Crippen LogP contribution is -2.42. The molecule has 5 heteroatoms. The van der Waals surface area contributed by atoms with Crippen molar-refractivity contribution in [2.45, 2.75) is 32.7 Å². The molecular weight excluding hydrogens is 158 g/mol. The summed E-state index contributed by atoms with van der Waals surface area (Å²) in [6.45, 7) is 5.57. The SMILES string of the molecule is CC(C)(C)NC(=O)C/C(N)=N/O. The molecule has 0 spiro atoms. The van der Waals surface area contributed by atoms with Gasteiger partial charge in [-0.2, -0.15) is 0 Å².